The number of nitrogens with one attached hydrogen (secondary N) is 2. The number of aliphatic hydroxyl groups excluding tert-OH is 1. The molecule has 4 rings (SSSR count). The van der Waals surface area contributed by atoms with Gasteiger partial charge < -0.3 is 20.4 Å². The highest BCUT2D eigenvalue weighted by Crippen LogP contribution is 2.28. The predicted molar refractivity (Wildman–Crippen MR) is 144 cm³/mol. The van der Waals surface area contributed by atoms with Gasteiger partial charge in [-0.1, -0.05) is 12.5 Å². The topological polar surface area (TPSA) is 139 Å². The molecule has 2 aromatic rings. The van der Waals surface area contributed by atoms with E-state index in [0.717, 1.165) is 57.1 Å². The molecule has 10 nitrogen and oxygen atoms in total. The van der Waals surface area contributed by atoms with E-state index in [1.165, 1.54) is 12.1 Å². The van der Waals surface area contributed by atoms with Crippen LogP contribution in [0.5, 0.6) is 5.75 Å². The van der Waals surface area contributed by atoms with E-state index in [-0.39, 0.29) is 24.0 Å². The third kappa shape index (κ3) is 7.14. The van der Waals surface area contributed by atoms with Crippen molar-refractivity contribution in [3.8, 4) is 5.75 Å². The van der Waals surface area contributed by atoms with Crippen LogP contribution in [0, 0.1) is 0 Å². The molecular weight excluding hydrogens is 516 g/mol. The van der Waals surface area contributed by atoms with Crippen LogP contribution in [0.3, 0.4) is 0 Å². The molecular formula is C25H36N4O6S2. The summed E-state index contributed by atoms with van der Waals surface area (Å²) in [4.78, 5) is 2.57. The molecule has 0 unspecified atom stereocenters. The molecule has 0 spiro atoms. The van der Waals surface area contributed by atoms with E-state index in [1.54, 1.807) is 22.5 Å². The Hall–Kier alpha value is -2.38. The van der Waals surface area contributed by atoms with Gasteiger partial charge >= 0.3 is 0 Å². The summed E-state index contributed by atoms with van der Waals surface area (Å²) in [6.07, 6.45) is 4.74. The number of aliphatic hydroxyl groups is 1. The Morgan fingerprint density at radius 1 is 0.946 bits per heavy atom. The third-order valence-electron chi connectivity index (χ3n) is 6.95. The number of phenols is 1. The number of rotatable bonds is 9. The summed E-state index contributed by atoms with van der Waals surface area (Å²) in [6, 6.07) is 11.7. The standard InChI is InChI=1S/C25H36N4O6S2/c1-36(32,33)27-23-17-19(5-10-24(23)30)25(31)18-26-20-11-15-28(16-12-20)21-6-8-22(9-7-21)37(34,35)29-13-3-2-4-14-29/h5-10,17,20,25-27,30-31H,2-4,11-16,18H2,1H3/t25-/m0/s1. The van der Waals surface area contributed by atoms with E-state index >= 15 is 0 Å². The summed E-state index contributed by atoms with van der Waals surface area (Å²) in [5.74, 6) is -0.209. The number of phenolic OH excluding ortho intramolecular Hbond substituents is 1. The van der Waals surface area contributed by atoms with E-state index < -0.39 is 26.2 Å². The highest BCUT2D eigenvalue weighted by atomic mass is 32.2. The summed E-state index contributed by atoms with van der Waals surface area (Å²) >= 11 is 0. The Morgan fingerprint density at radius 2 is 1.59 bits per heavy atom. The van der Waals surface area contributed by atoms with Crippen LogP contribution >= 0.6 is 0 Å². The van der Waals surface area contributed by atoms with Crippen LogP contribution in [-0.4, -0.2) is 76.4 Å². The predicted octanol–water partition coefficient (Wildman–Crippen LogP) is 2.23. The fourth-order valence-corrected chi connectivity index (χ4v) is 6.94. The Morgan fingerprint density at radius 3 is 2.22 bits per heavy atom. The smallest absolute Gasteiger partial charge is 0.243 e. The molecule has 204 valence electrons. The first kappa shape index (κ1) is 27.6. The molecule has 0 saturated carbocycles. The van der Waals surface area contributed by atoms with Crippen LogP contribution in [0.25, 0.3) is 0 Å². The van der Waals surface area contributed by atoms with Crippen molar-refractivity contribution in [3.63, 3.8) is 0 Å². The van der Waals surface area contributed by atoms with Gasteiger partial charge in [-0.05, 0) is 67.6 Å². The second-order valence-electron chi connectivity index (χ2n) is 9.79. The molecule has 2 aliphatic rings. The van der Waals surface area contributed by atoms with Crippen molar-refractivity contribution < 1.29 is 27.0 Å². The van der Waals surface area contributed by atoms with Gasteiger partial charge in [0.15, 0.2) is 0 Å². The molecule has 0 aromatic heterocycles. The van der Waals surface area contributed by atoms with Crippen molar-refractivity contribution >= 4 is 31.4 Å². The van der Waals surface area contributed by atoms with Gasteiger partial charge in [0.1, 0.15) is 5.75 Å². The molecule has 37 heavy (non-hydrogen) atoms. The minimum atomic E-state index is -3.56. The number of nitrogens with zero attached hydrogens (tertiary/aromatic N) is 2. The first-order valence-corrected chi connectivity index (χ1v) is 15.9. The van der Waals surface area contributed by atoms with Crippen LogP contribution in [0.4, 0.5) is 11.4 Å². The maximum Gasteiger partial charge on any atom is 0.243 e. The van der Waals surface area contributed by atoms with Gasteiger partial charge in [0, 0.05) is 44.5 Å². The van der Waals surface area contributed by atoms with Crippen molar-refractivity contribution in [1.82, 2.24) is 9.62 Å². The fourth-order valence-electron chi connectivity index (χ4n) is 4.86. The summed E-state index contributed by atoms with van der Waals surface area (Å²) < 4.78 is 52.6. The number of piperidine rings is 2. The van der Waals surface area contributed by atoms with Crippen molar-refractivity contribution in [2.75, 3.05) is 48.6 Å². The maximum absolute atomic E-state index is 12.9. The van der Waals surface area contributed by atoms with E-state index in [1.807, 2.05) is 12.1 Å². The number of benzene rings is 2. The van der Waals surface area contributed by atoms with Crippen LogP contribution in [0.1, 0.15) is 43.8 Å². The molecule has 2 saturated heterocycles. The van der Waals surface area contributed by atoms with Crippen LogP contribution in [-0.2, 0) is 20.0 Å². The van der Waals surface area contributed by atoms with Gasteiger partial charge in [-0.15, -0.1) is 0 Å². The van der Waals surface area contributed by atoms with E-state index in [4.69, 9.17) is 0 Å². The highest BCUT2D eigenvalue weighted by Gasteiger charge is 2.26. The number of aromatic hydroxyl groups is 1. The minimum absolute atomic E-state index is 0.0297. The average molecular weight is 553 g/mol. The Bertz CT molecular complexity index is 1270. The normalized spacial score (nSPS) is 19.0. The number of hydrogen-bond acceptors (Lipinski definition) is 8. The van der Waals surface area contributed by atoms with Gasteiger partial charge in [-0.2, -0.15) is 4.31 Å². The molecule has 2 aliphatic heterocycles. The second-order valence-corrected chi connectivity index (χ2v) is 13.5. The molecule has 2 aromatic carbocycles. The summed E-state index contributed by atoms with van der Waals surface area (Å²) in [5.41, 5.74) is 1.52. The molecule has 0 amide bonds. The zero-order valence-corrected chi connectivity index (χ0v) is 22.6. The summed E-state index contributed by atoms with van der Waals surface area (Å²) in [6.45, 7) is 3.06. The number of hydrogen-bond donors (Lipinski definition) is 4. The zero-order valence-electron chi connectivity index (χ0n) is 21.0. The second kappa shape index (κ2) is 11.6. The lowest BCUT2D eigenvalue weighted by molar-refractivity contribution is 0.167. The van der Waals surface area contributed by atoms with Gasteiger partial charge in [-0.3, -0.25) is 4.72 Å². The first-order chi connectivity index (χ1) is 17.5. The van der Waals surface area contributed by atoms with Crippen molar-refractivity contribution in [1.29, 1.82) is 0 Å². The monoisotopic (exact) mass is 552 g/mol. The van der Waals surface area contributed by atoms with E-state index in [0.29, 0.717) is 23.5 Å². The molecule has 0 aliphatic carbocycles. The first-order valence-electron chi connectivity index (χ1n) is 12.6. The lowest BCUT2D eigenvalue weighted by Crippen LogP contribution is -2.43. The number of anilines is 2. The van der Waals surface area contributed by atoms with E-state index in [9.17, 15) is 27.0 Å². The lowest BCUT2D eigenvalue weighted by atomic mass is 10.0. The maximum atomic E-state index is 12.9. The Kier molecular flexibility index (Phi) is 8.64. The van der Waals surface area contributed by atoms with Gasteiger partial charge in [-0.25, -0.2) is 16.8 Å². The molecule has 1 atom stereocenters. The molecule has 4 N–H and O–H groups in total. The van der Waals surface area contributed by atoms with Crippen LogP contribution in [0.15, 0.2) is 47.4 Å². The summed E-state index contributed by atoms with van der Waals surface area (Å²) in [7, 11) is -7.00. The molecule has 12 heteroatoms. The van der Waals surface area contributed by atoms with Crippen molar-refractivity contribution in [3.05, 3.63) is 48.0 Å². The highest BCUT2D eigenvalue weighted by molar-refractivity contribution is 7.92. The van der Waals surface area contributed by atoms with Crippen molar-refractivity contribution in [2.24, 2.45) is 0 Å². The quantitative estimate of drug-likeness (QED) is 0.348. The Labute approximate surface area is 219 Å². The fraction of sp³-hybridized carbons (Fsp3) is 0.520. The molecule has 0 bridgehead atoms. The van der Waals surface area contributed by atoms with Crippen LogP contribution in [0.2, 0.25) is 0 Å². The molecule has 2 fully saturated rings. The average Bonchev–Trinajstić information content (AvgIpc) is 2.88. The van der Waals surface area contributed by atoms with Crippen LogP contribution < -0.4 is 14.9 Å². The zero-order chi connectivity index (χ0) is 26.6. The van der Waals surface area contributed by atoms with E-state index in [2.05, 4.69) is 14.9 Å². The summed E-state index contributed by atoms with van der Waals surface area (Å²) in [5, 5.41) is 23.9. The minimum Gasteiger partial charge on any atom is -0.506 e. The van der Waals surface area contributed by atoms with Gasteiger partial charge in [0.25, 0.3) is 0 Å². The number of sulfonamides is 2. The molecule has 0 radical (unpaired) electrons. The Balaban J connectivity index is 1.28. The van der Waals surface area contributed by atoms with Crippen molar-refractivity contribution in [2.45, 2.75) is 49.1 Å². The van der Waals surface area contributed by atoms with Gasteiger partial charge in [0.05, 0.1) is 22.9 Å². The lowest BCUT2D eigenvalue weighted by Gasteiger charge is -2.34. The third-order valence-corrected chi connectivity index (χ3v) is 9.45. The SMILES string of the molecule is CS(=O)(=O)Nc1cc([C@@H](O)CNC2CCN(c3ccc(S(=O)(=O)N4CCCCC4)cc3)CC2)ccc1O. The molecule has 2 heterocycles. The van der Waals surface area contributed by atoms with Gasteiger partial charge in [0.2, 0.25) is 20.0 Å². The largest absolute Gasteiger partial charge is 0.506 e.